The summed E-state index contributed by atoms with van der Waals surface area (Å²) in [7, 11) is 0. The predicted octanol–water partition coefficient (Wildman–Crippen LogP) is 4.83. The summed E-state index contributed by atoms with van der Waals surface area (Å²) in [5.74, 6) is -3.84. The summed E-state index contributed by atoms with van der Waals surface area (Å²) in [5, 5.41) is 14.0. The molecule has 2 aromatic carbocycles. The molecule has 0 fully saturated rings. The first-order valence-corrected chi connectivity index (χ1v) is 9.58. The number of nitrogens with one attached hydrogen (secondary N) is 2. The van der Waals surface area contributed by atoms with E-state index >= 15 is 0 Å². The Morgan fingerprint density at radius 2 is 1.70 bits per heavy atom. The lowest BCUT2D eigenvalue weighted by Gasteiger charge is -2.14. The highest BCUT2D eigenvalue weighted by Gasteiger charge is 2.18. The molecule has 1 amide bonds. The van der Waals surface area contributed by atoms with Gasteiger partial charge in [0.05, 0.1) is 0 Å². The Balaban J connectivity index is 2.34. The first-order valence-electron chi connectivity index (χ1n) is 9.58. The van der Waals surface area contributed by atoms with E-state index in [0.717, 1.165) is 6.08 Å². The fraction of sp³-hybridized carbons (Fsp3) is 0.304. The van der Waals surface area contributed by atoms with Crippen LogP contribution in [0.4, 0.5) is 14.5 Å². The van der Waals surface area contributed by atoms with Gasteiger partial charge in [-0.25, -0.2) is 8.78 Å². The molecule has 0 aliphatic heterocycles. The molecule has 5 nitrogen and oxygen atoms in total. The number of carbonyl (C=O) groups is 2. The van der Waals surface area contributed by atoms with E-state index < -0.39 is 23.7 Å². The molecular formula is C23H26F2N2O3. The molecule has 0 aliphatic carbocycles. The van der Waals surface area contributed by atoms with Gasteiger partial charge in [-0.05, 0) is 81.1 Å². The molecule has 1 atom stereocenters. The van der Waals surface area contributed by atoms with Gasteiger partial charge in [0, 0.05) is 17.3 Å². The highest BCUT2D eigenvalue weighted by molar-refractivity contribution is 5.97. The zero-order valence-corrected chi connectivity index (χ0v) is 17.6. The average Bonchev–Trinajstić information content (AvgIpc) is 2.64. The molecule has 0 bridgehead atoms. The molecule has 30 heavy (non-hydrogen) atoms. The summed E-state index contributed by atoms with van der Waals surface area (Å²) in [6, 6.07) is 7.30. The van der Waals surface area contributed by atoms with E-state index in [4.69, 9.17) is 5.11 Å². The molecule has 0 aliphatic rings. The average molecular weight is 416 g/mol. The number of hydrogen-bond donors (Lipinski definition) is 3. The summed E-state index contributed by atoms with van der Waals surface area (Å²) in [4.78, 5) is 22.6. The quantitative estimate of drug-likeness (QED) is 0.565. The van der Waals surface area contributed by atoms with Crippen LogP contribution in [0.3, 0.4) is 0 Å². The number of aliphatic carboxylic acids is 1. The zero-order valence-electron chi connectivity index (χ0n) is 17.6. The fourth-order valence-electron chi connectivity index (χ4n) is 2.97. The van der Waals surface area contributed by atoms with Crippen LogP contribution in [-0.4, -0.2) is 29.1 Å². The SMILES string of the molecule is Cc1cc(-c2ccc(NC(C)C)cc2F)c(C)cc1/C=C(/F)C(=O)N[C@H](C)C(=O)O. The van der Waals surface area contributed by atoms with Crippen molar-refractivity contribution in [3.63, 3.8) is 0 Å². The van der Waals surface area contributed by atoms with Crippen molar-refractivity contribution in [2.45, 2.75) is 46.7 Å². The lowest BCUT2D eigenvalue weighted by Crippen LogP contribution is -2.38. The Labute approximate surface area is 174 Å². The molecule has 160 valence electrons. The van der Waals surface area contributed by atoms with Crippen molar-refractivity contribution in [3.8, 4) is 11.1 Å². The molecule has 2 aromatic rings. The van der Waals surface area contributed by atoms with Crippen LogP contribution in [0.5, 0.6) is 0 Å². The third kappa shape index (κ3) is 5.65. The number of hydrogen-bond acceptors (Lipinski definition) is 3. The molecule has 0 radical (unpaired) electrons. The fourth-order valence-corrected chi connectivity index (χ4v) is 2.97. The second kappa shape index (κ2) is 9.52. The minimum Gasteiger partial charge on any atom is -0.480 e. The van der Waals surface area contributed by atoms with Crippen molar-refractivity contribution >= 4 is 23.6 Å². The van der Waals surface area contributed by atoms with Crippen LogP contribution in [0.25, 0.3) is 17.2 Å². The Kier molecular flexibility index (Phi) is 7.32. The van der Waals surface area contributed by atoms with Gasteiger partial charge in [0.2, 0.25) is 0 Å². The van der Waals surface area contributed by atoms with Gasteiger partial charge in [0.15, 0.2) is 5.83 Å². The van der Waals surface area contributed by atoms with Crippen LogP contribution in [0.2, 0.25) is 0 Å². The number of carboxylic acid groups (broad SMARTS) is 1. The Morgan fingerprint density at radius 1 is 1.03 bits per heavy atom. The Hall–Kier alpha value is -3.22. The van der Waals surface area contributed by atoms with Gasteiger partial charge in [0.1, 0.15) is 11.9 Å². The number of aryl methyl sites for hydroxylation is 2. The molecule has 3 N–H and O–H groups in total. The number of halogens is 2. The maximum atomic E-state index is 14.7. The Bertz CT molecular complexity index is 1000. The summed E-state index contributed by atoms with van der Waals surface area (Å²) < 4.78 is 28.9. The van der Waals surface area contributed by atoms with E-state index in [-0.39, 0.29) is 11.9 Å². The van der Waals surface area contributed by atoms with Gasteiger partial charge in [0.25, 0.3) is 5.91 Å². The number of benzene rings is 2. The first-order chi connectivity index (χ1) is 14.0. The first kappa shape index (κ1) is 23.1. The van der Waals surface area contributed by atoms with E-state index in [1.165, 1.54) is 13.0 Å². The second-order valence-electron chi connectivity index (χ2n) is 7.54. The largest absolute Gasteiger partial charge is 0.480 e. The van der Waals surface area contributed by atoms with E-state index in [0.29, 0.717) is 33.5 Å². The number of anilines is 1. The number of carbonyl (C=O) groups excluding carboxylic acids is 1. The maximum absolute atomic E-state index is 14.7. The number of amides is 1. The monoisotopic (exact) mass is 416 g/mol. The van der Waals surface area contributed by atoms with Crippen LogP contribution in [0, 0.1) is 19.7 Å². The molecule has 0 heterocycles. The van der Waals surface area contributed by atoms with Crippen LogP contribution in [0.1, 0.15) is 37.5 Å². The van der Waals surface area contributed by atoms with Crippen LogP contribution < -0.4 is 10.6 Å². The normalized spacial score (nSPS) is 12.6. The highest BCUT2D eigenvalue weighted by atomic mass is 19.1. The minimum atomic E-state index is -1.26. The van der Waals surface area contributed by atoms with Gasteiger partial charge in [-0.1, -0.05) is 12.1 Å². The topological polar surface area (TPSA) is 78.4 Å². The van der Waals surface area contributed by atoms with Crippen molar-refractivity contribution in [2.75, 3.05) is 5.32 Å². The van der Waals surface area contributed by atoms with Crippen LogP contribution in [0.15, 0.2) is 36.2 Å². The van der Waals surface area contributed by atoms with Gasteiger partial charge in [-0.15, -0.1) is 0 Å². The molecule has 0 spiro atoms. The second-order valence-corrected chi connectivity index (χ2v) is 7.54. The van der Waals surface area contributed by atoms with E-state index in [9.17, 15) is 18.4 Å². The number of carboxylic acids is 1. The molecule has 7 heteroatoms. The van der Waals surface area contributed by atoms with Gasteiger partial charge in [-0.2, -0.15) is 0 Å². The molecular weight excluding hydrogens is 390 g/mol. The van der Waals surface area contributed by atoms with E-state index in [1.807, 2.05) is 13.8 Å². The van der Waals surface area contributed by atoms with E-state index in [2.05, 4.69) is 10.6 Å². The number of rotatable bonds is 7. The smallest absolute Gasteiger partial charge is 0.325 e. The van der Waals surface area contributed by atoms with Gasteiger partial charge >= 0.3 is 5.97 Å². The standard InChI is InChI=1S/C23H26F2N2O3/c1-12(2)26-17-6-7-18(20(24)11-17)19-9-13(3)16(8-14(19)4)10-21(25)22(28)27-15(5)23(29)30/h6-12,15,26H,1-5H3,(H,27,28)(H,29,30)/b21-10+/t15-/m1/s1. The van der Waals surface area contributed by atoms with E-state index in [1.54, 1.807) is 38.1 Å². The summed E-state index contributed by atoms with van der Waals surface area (Å²) in [6.45, 7) is 8.68. The predicted molar refractivity (Wildman–Crippen MR) is 114 cm³/mol. The van der Waals surface area contributed by atoms with Crippen molar-refractivity contribution in [1.29, 1.82) is 0 Å². The zero-order chi connectivity index (χ0) is 22.6. The molecule has 2 rings (SSSR count). The molecule has 0 saturated carbocycles. The Morgan fingerprint density at radius 3 is 2.27 bits per heavy atom. The lowest BCUT2D eigenvalue weighted by molar-refractivity contribution is -0.140. The third-order valence-electron chi connectivity index (χ3n) is 4.54. The van der Waals surface area contributed by atoms with Crippen molar-refractivity contribution in [2.24, 2.45) is 0 Å². The van der Waals surface area contributed by atoms with Crippen LogP contribution in [-0.2, 0) is 9.59 Å². The van der Waals surface area contributed by atoms with Crippen molar-refractivity contribution < 1.29 is 23.5 Å². The summed E-state index contributed by atoms with van der Waals surface area (Å²) >= 11 is 0. The minimum absolute atomic E-state index is 0.177. The molecule has 0 unspecified atom stereocenters. The summed E-state index contributed by atoms with van der Waals surface area (Å²) in [6.07, 6.45) is 1.04. The summed E-state index contributed by atoms with van der Waals surface area (Å²) in [5.41, 5.74) is 3.59. The van der Waals surface area contributed by atoms with Crippen LogP contribution >= 0.6 is 0 Å². The van der Waals surface area contributed by atoms with Crippen molar-refractivity contribution in [1.82, 2.24) is 5.32 Å². The maximum Gasteiger partial charge on any atom is 0.325 e. The van der Waals surface area contributed by atoms with Gasteiger partial charge in [-0.3, -0.25) is 9.59 Å². The molecule has 0 aromatic heterocycles. The molecule has 0 saturated heterocycles. The third-order valence-corrected chi connectivity index (χ3v) is 4.54. The van der Waals surface area contributed by atoms with Gasteiger partial charge < -0.3 is 15.7 Å². The lowest BCUT2D eigenvalue weighted by atomic mass is 9.94. The van der Waals surface area contributed by atoms with Crippen molar-refractivity contribution in [3.05, 3.63) is 58.7 Å². The highest BCUT2D eigenvalue weighted by Crippen LogP contribution is 2.31.